The second-order valence-electron chi connectivity index (χ2n) is 5.42. The van der Waals surface area contributed by atoms with Crippen LogP contribution in [-0.4, -0.2) is 22.2 Å². The van der Waals surface area contributed by atoms with Crippen LogP contribution in [0.15, 0.2) is 65.6 Å². The molecule has 1 atom stereocenters. The number of carbonyl (C=O) groups is 1. The van der Waals surface area contributed by atoms with E-state index >= 15 is 0 Å². The minimum absolute atomic E-state index is 0.00424. The topological polar surface area (TPSA) is 46.9 Å². The van der Waals surface area contributed by atoms with Gasteiger partial charge in [0, 0.05) is 23.6 Å². The number of thiophene rings is 2. The van der Waals surface area contributed by atoms with Crippen LogP contribution in [0, 0.1) is 0 Å². The lowest BCUT2D eigenvalue weighted by Crippen LogP contribution is -2.31. The van der Waals surface area contributed by atoms with Crippen molar-refractivity contribution in [3.05, 3.63) is 76.1 Å². The zero-order valence-electron chi connectivity index (χ0n) is 12.8. The summed E-state index contributed by atoms with van der Waals surface area (Å²) in [4.78, 5) is 13.3. The molecule has 1 unspecified atom stereocenters. The second kappa shape index (κ2) is 6.59. The van der Waals surface area contributed by atoms with Crippen LogP contribution < -0.4 is 5.32 Å². The zero-order valence-corrected chi connectivity index (χ0v) is 14.4. The van der Waals surface area contributed by atoms with Crippen molar-refractivity contribution in [1.82, 2.24) is 15.1 Å². The number of hydrogen-bond donors (Lipinski definition) is 1. The van der Waals surface area contributed by atoms with Crippen molar-refractivity contribution in [3.8, 4) is 0 Å². The first-order chi connectivity index (χ1) is 11.8. The Balaban J connectivity index is 1.52. The van der Waals surface area contributed by atoms with Crippen molar-refractivity contribution < 1.29 is 4.79 Å². The fourth-order valence-corrected chi connectivity index (χ4v) is 4.35. The van der Waals surface area contributed by atoms with Gasteiger partial charge in [0.1, 0.15) is 0 Å². The molecule has 4 aromatic rings. The van der Waals surface area contributed by atoms with E-state index in [0.29, 0.717) is 6.54 Å². The molecule has 1 amide bonds. The highest BCUT2D eigenvalue weighted by molar-refractivity contribution is 7.20. The summed E-state index contributed by atoms with van der Waals surface area (Å²) < 4.78 is 3.01. The molecule has 6 heteroatoms. The zero-order chi connectivity index (χ0) is 16.4. The highest BCUT2D eigenvalue weighted by Gasteiger charge is 2.17. The van der Waals surface area contributed by atoms with Crippen molar-refractivity contribution in [2.75, 3.05) is 6.54 Å². The Morgan fingerprint density at radius 1 is 1.25 bits per heavy atom. The monoisotopic (exact) mass is 353 g/mol. The minimum Gasteiger partial charge on any atom is -0.349 e. The lowest BCUT2D eigenvalue weighted by Gasteiger charge is -2.17. The second-order valence-corrected chi connectivity index (χ2v) is 7.28. The van der Waals surface area contributed by atoms with E-state index in [-0.39, 0.29) is 11.9 Å². The Morgan fingerprint density at radius 3 is 2.92 bits per heavy atom. The first-order valence-electron chi connectivity index (χ1n) is 7.59. The van der Waals surface area contributed by atoms with Gasteiger partial charge in [0.05, 0.1) is 10.9 Å². The summed E-state index contributed by atoms with van der Waals surface area (Å²) >= 11 is 3.17. The van der Waals surface area contributed by atoms with Gasteiger partial charge in [-0.3, -0.25) is 9.48 Å². The molecule has 3 aromatic heterocycles. The van der Waals surface area contributed by atoms with E-state index in [2.05, 4.69) is 21.9 Å². The van der Waals surface area contributed by atoms with E-state index in [1.54, 1.807) is 17.5 Å². The molecule has 0 aliphatic rings. The third-order valence-electron chi connectivity index (χ3n) is 3.88. The average molecular weight is 353 g/mol. The van der Waals surface area contributed by atoms with Crippen LogP contribution in [0.3, 0.4) is 0 Å². The number of fused-ring (bicyclic) bond motifs is 1. The number of benzene rings is 1. The Kier molecular flexibility index (Phi) is 4.15. The summed E-state index contributed by atoms with van der Waals surface area (Å²) in [7, 11) is 0. The van der Waals surface area contributed by atoms with Gasteiger partial charge in [-0.1, -0.05) is 18.2 Å². The number of aromatic nitrogens is 2. The molecule has 0 aliphatic carbocycles. The maximum Gasteiger partial charge on any atom is 0.261 e. The summed E-state index contributed by atoms with van der Waals surface area (Å²) in [6, 6.07) is 14.0. The molecule has 0 saturated carbocycles. The number of amides is 1. The molecule has 0 radical (unpaired) electrons. The maximum absolute atomic E-state index is 12.5. The van der Waals surface area contributed by atoms with Gasteiger partial charge in [-0.05, 0) is 46.0 Å². The summed E-state index contributed by atoms with van der Waals surface area (Å²) in [6.45, 7) is 0.505. The third kappa shape index (κ3) is 2.98. The molecule has 24 heavy (non-hydrogen) atoms. The van der Waals surface area contributed by atoms with Crippen molar-refractivity contribution in [2.24, 2.45) is 0 Å². The Labute approximate surface area is 147 Å². The Bertz CT molecular complexity index is 875. The molecule has 0 aliphatic heterocycles. The lowest BCUT2D eigenvalue weighted by atomic mass is 10.1. The standard InChI is InChI=1S/C18H15N3OS2/c22-18(17-10-13-4-1-2-5-16(13)24-17)19-11-15(14-6-9-23-12-14)21-8-3-7-20-21/h1-10,12,15H,11H2,(H,19,22). The molecule has 1 N–H and O–H groups in total. The highest BCUT2D eigenvalue weighted by Crippen LogP contribution is 2.25. The van der Waals surface area contributed by atoms with Gasteiger partial charge in [0.15, 0.2) is 0 Å². The van der Waals surface area contributed by atoms with E-state index in [1.807, 2.05) is 52.7 Å². The molecular formula is C18H15N3OS2. The van der Waals surface area contributed by atoms with E-state index in [0.717, 1.165) is 20.5 Å². The summed E-state index contributed by atoms with van der Waals surface area (Å²) in [5.74, 6) is -0.0383. The SMILES string of the molecule is O=C(NCC(c1ccsc1)n1cccn1)c1cc2ccccc2s1. The number of nitrogens with one attached hydrogen (secondary N) is 1. The van der Waals surface area contributed by atoms with Crippen LogP contribution in [-0.2, 0) is 0 Å². The third-order valence-corrected chi connectivity index (χ3v) is 5.69. The van der Waals surface area contributed by atoms with E-state index in [9.17, 15) is 4.79 Å². The van der Waals surface area contributed by atoms with Crippen molar-refractivity contribution in [3.63, 3.8) is 0 Å². The molecule has 0 fully saturated rings. The molecule has 4 rings (SSSR count). The highest BCUT2D eigenvalue weighted by atomic mass is 32.1. The van der Waals surface area contributed by atoms with Crippen molar-refractivity contribution in [2.45, 2.75) is 6.04 Å². The van der Waals surface area contributed by atoms with Gasteiger partial charge >= 0.3 is 0 Å². The van der Waals surface area contributed by atoms with Gasteiger partial charge in [-0.15, -0.1) is 11.3 Å². The smallest absolute Gasteiger partial charge is 0.261 e. The predicted octanol–water partition coefficient (Wildman–Crippen LogP) is 4.18. The molecule has 0 saturated heterocycles. The summed E-state index contributed by atoms with van der Waals surface area (Å²) in [5, 5.41) is 12.6. The fraction of sp³-hybridized carbons (Fsp3) is 0.111. The van der Waals surface area contributed by atoms with E-state index < -0.39 is 0 Å². The van der Waals surface area contributed by atoms with E-state index in [1.165, 1.54) is 11.3 Å². The molecule has 120 valence electrons. The Hall–Kier alpha value is -2.44. The quantitative estimate of drug-likeness (QED) is 0.585. The largest absolute Gasteiger partial charge is 0.349 e. The summed E-state index contributed by atoms with van der Waals surface area (Å²) in [5.41, 5.74) is 1.15. The Morgan fingerprint density at radius 2 is 2.17 bits per heavy atom. The van der Waals surface area contributed by atoms with Gasteiger partial charge < -0.3 is 5.32 Å². The van der Waals surface area contributed by atoms with Crippen molar-refractivity contribution >= 4 is 38.7 Å². The lowest BCUT2D eigenvalue weighted by molar-refractivity contribution is 0.0953. The van der Waals surface area contributed by atoms with Crippen LogP contribution in [0.2, 0.25) is 0 Å². The van der Waals surface area contributed by atoms with Crippen molar-refractivity contribution in [1.29, 1.82) is 0 Å². The van der Waals surface area contributed by atoms with Crippen LogP contribution in [0.4, 0.5) is 0 Å². The molecule has 4 nitrogen and oxygen atoms in total. The minimum atomic E-state index is -0.0383. The van der Waals surface area contributed by atoms with E-state index in [4.69, 9.17) is 0 Å². The molecule has 0 bridgehead atoms. The number of nitrogens with zero attached hydrogens (tertiary/aromatic N) is 2. The van der Waals surface area contributed by atoms with Gasteiger partial charge in [-0.2, -0.15) is 16.4 Å². The van der Waals surface area contributed by atoms with Crippen LogP contribution in [0.1, 0.15) is 21.3 Å². The number of hydrogen-bond acceptors (Lipinski definition) is 4. The maximum atomic E-state index is 12.5. The predicted molar refractivity (Wildman–Crippen MR) is 98.8 cm³/mol. The van der Waals surface area contributed by atoms with Gasteiger partial charge in [0.25, 0.3) is 5.91 Å². The van der Waals surface area contributed by atoms with Gasteiger partial charge in [0.2, 0.25) is 0 Å². The average Bonchev–Trinajstić information content (AvgIpc) is 3.35. The van der Waals surface area contributed by atoms with Gasteiger partial charge in [-0.25, -0.2) is 0 Å². The summed E-state index contributed by atoms with van der Waals surface area (Å²) in [6.07, 6.45) is 3.68. The normalized spacial score (nSPS) is 12.3. The molecule has 0 spiro atoms. The molecule has 3 heterocycles. The molecule has 1 aromatic carbocycles. The number of carbonyl (C=O) groups excluding carboxylic acids is 1. The van der Waals surface area contributed by atoms with Crippen LogP contribution in [0.5, 0.6) is 0 Å². The molecular weight excluding hydrogens is 338 g/mol. The first kappa shape index (κ1) is 15.1. The fourth-order valence-electron chi connectivity index (χ4n) is 2.66. The van der Waals surface area contributed by atoms with Crippen LogP contribution in [0.25, 0.3) is 10.1 Å². The number of rotatable bonds is 5. The van der Waals surface area contributed by atoms with Crippen LogP contribution >= 0.6 is 22.7 Å². The first-order valence-corrected chi connectivity index (χ1v) is 9.35.